The Kier molecular flexibility index (Phi) is 11.7. The highest BCUT2D eigenvalue weighted by Crippen LogP contribution is 2.35. The number of amides is 5. The van der Waals surface area contributed by atoms with E-state index in [0.717, 1.165) is 12.8 Å². The van der Waals surface area contributed by atoms with E-state index in [1.165, 1.54) is 4.90 Å². The lowest BCUT2D eigenvalue weighted by atomic mass is 9.84. The lowest BCUT2D eigenvalue weighted by molar-refractivity contribution is -0.160. The number of ketones is 1. The van der Waals surface area contributed by atoms with Gasteiger partial charge in [0.1, 0.15) is 23.7 Å². The summed E-state index contributed by atoms with van der Waals surface area (Å²) in [7, 11) is 0. The summed E-state index contributed by atoms with van der Waals surface area (Å²) in [4.78, 5) is 80.1. The number of urea groups is 1. The van der Waals surface area contributed by atoms with Gasteiger partial charge in [-0.05, 0) is 62.2 Å². The van der Waals surface area contributed by atoms with Crippen molar-refractivity contribution in [3.05, 3.63) is 0 Å². The molecule has 2 aliphatic rings. The zero-order valence-electron chi connectivity index (χ0n) is 28.5. The van der Waals surface area contributed by atoms with Gasteiger partial charge >= 0.3 is 12.0 Å². The molecular formula is C32H55N5O7. The number of hydrogen-bond acceptors (Lipinski definition) is 7. The van der Waals surface area contributed by atoms with Gasteiger partial charge in [-0.15, -0.1) is 0 Å². The summed E-state index contributed by atoms with van der Waals surface area (Å²) in [5.74, 6) is -3.49. The van der Waals surface area contributed by atoms with E-state index in [9.17, 15) is 28.8 Å². The van der Waals surface area contributed by atoms with Gasteiger partial charge in [-0.1, -0.05) is 68.2 Å². The van der Waals surface area contributed by atoms with Crippen molar-refractivity contribution in [1.82, 2.24) is 20.9 Å². The molecule has 1 unspecified atom stereocenters. The van der Waals surface area contributed by atoms with E-state index in [1.807, 2.05) is 13.8 Å². The molecule has 0 aromatic rings. The van der Waals surface area contributed by atoms with Crippen LogP contribution in [0.15, 0.2) is 0 Å². The quantitative estimate of drug-likeness (QED) is 0.202. The van der Waals surface area contributed by atoms with Crippen molar-refractivity contribution in [2.45, 2.75) is 132 Å². The zero-order valence-corrected chi connectivity index (χ0v) is 28.5. The van der Waals surface area contributed by atoms with Gasteiger partial charge in [0, 0.05) is 6.54 Å². The lowest BCUT2D eigenvalue weighted by Crippen LogP contribution is -2.62. The predicted molar refractivity (Wildman–Crippen MR) is 166 cm³/mol. The van der Waals surface area contributed by atoms with Crippen molar-refractivity contribution in [3.8, 4) is 0 Å². The number of Topliss-reactive ketones (excluding diaryl/α,β-unsaturated/α-hetero) is 1. The smallest absolute Gasteiger partial charge is 0.329 e. The first-order chi connectivity index (χ1) is 19.9. The molecule has 44 heavy (non-hydrogen) atoms. The van der Waals surface area contributed by atoms with Crippen LogP contribution in [0.5, 0.6) is 0 Å². The number of nitrogens with one attached hydrogen (secondary N) is 3. The van der Waals surface area contributed by atoms with Crippen molar-refractivity contribution >= 4 is 35.5 Å². The predicted octanol–water partition coefficient (Wildman–Crippen LogP) is 2.67. The van der Waals surface area contributed by atoms with Crippen molar-refractivity contribution in [2.24, 2.45) is 34.3 Å². The molecule has 0 aromatic carbocycles. The highest BCUT2D eigenvalue weighted by molar-refractivity contribution is 6.37. The lowest BCUT2D eigenvalue weighted by Gasteiger charge is -2.38. The molecule has 0 radical (unpaired) electrons. The number of primary amides is 1. The van der Waals surface area contributed by atoms with Crippen LogP contribution in [0.4, 0.5) is 4.79 Å². The third-order valence-corrected chi connectivity index (χ3v) is 8.17. The molecule has 250 valence electrons. The Morgan fingerprint density at radius 2 is 1.34 bits per heavy atom. The molecule has 0 bridgehead atoms. The van der Waals surface area contributed by atoms with E-state index in [2.05, 4.69) is 16.0 Å². The molecule has 12 nitrogen and oxygen atoms in total. The molecule has 12 heteroatoms. The van der Waals surface area contributed by atoms with Crippen LogP contribution in [0.2, 0.25) is 0 Å². The fourth-order valence-corrected chi connectivity index (χ4v) is 5.55. The SMILES string of the molecule is CC(C)[C@H]1CCN(C(=O)[C@@H](NC(=O)N[C@H](C(=O)OC(C)(C)C)C(C)(C)C)C(C)(C)C)[C@@H]1C(=O)NC(CC1CC1)C(=O)C(N)=O. The summed E-state index contributed by atoms with van der Waals surface area (Å²) in [6.45, 7) is 20.2. The molecule has 1 aliphatic carbocycles. The van der Waals surface area contributed by atoms with Gasteiger partial charge in [0.2, 0.25) is 17.6 Å². The maximum atomic E-state index is 14.2. The number of carbonyl (C=O) groups excluding carboxylic acids is 6. The van der Waals surface area contributed by atoms with E-state index in [1.54, 1.807) is 62.3 Å². The number of hydrogen-bond donors (Lipinski definition) is 4. The number of carbonyl (C=O) groups is 6. The summed E-state index contributed by atoms with van der Waals surface area (Å²) in [6.07, 6.45) is 2.68. The van der Waals surface area contributed by atoms with Crippen molar-refractivity contribution in [3.63, 3.8) is 0 Å². The summed E-state index contributed by atoms with van der Waals surface area (Å²) in [6, 6.07) is -4.75. The van der Waals surface area contributed by atoms with Crippen LogP contribution in [0.25, 0.3) is 0 Å². The molecular weight excluding hydrogens is 566 g/mol. The average Bonchev–Trinajstić information content (AvgIpc) is 3.54. The number of rotatable bonds is 11. The Hall–Kier alpha value is -3.18. The summed E-state index contributed by atoms with van der Waals surface area (Å²) in [5.41, 5.74) is 3.05. The van der Waals surface area contributed by atoms with Crippen molar-refractivity contribution in [2.75, 3.05) is 6.54 Å². The first-order valence-corrected chi connectivity index (χ1v) is 15.7. The number of ether oxygens (including phenoxy) is 1. The first-order valence-electron chi connectivity index (χ1n) is 15.7. The molecule has 1 saturated heterocycles. The maximum Gasteiger partial charge on any atom is 0.329 e. The molecule has 0 aromatic heterocycles. The third kappa shape index (κ3) is 10.2. The van der Waals surface area contributed by atoms with Crippen LogP contribution in [0.1, 0.15) is 102 Å². The number of esters is 1. The molecule has 2 rings (SSSR count). The Labute approximate surface area is 262 Å². The maximum absolute atomic E-state index is 14.2. The average molecular weight is 622 g/mol. The second-order valence-corrected chi connectivity index (χ2v) is 15.9. The number of likely N-dealkylation sites (tertiary alicyclic amines) is 1. The summed E-state index contributed by atoms with van der Waals surface area (Å²) in [5, 5.41) is 8.21. The van der Waals surface area contributed by atoms with Gasteiger partial charge in [0.05, 0.1) is 6.04 Å². The van der Waals surface area contributed by atoms with Crippen LogP contribution < -0.4 is 21.7 Å². The van der Waals surface area contributed by atoms with E-state index in [0.29, 0.717) is 12.8 Å². The monoisotopic (exact) mass is 621 g/mol. The molecule has 5 atom stereocenters. The first kappa shape index (κ1) is 37.0. The van der Waals surface area contributed by atoms with Crippen LogP contribution in [0.3, 0.4) is 0 Å². The zero-order chi connectivity index (χ0) is 33.9. The van der Waals surface area contributed by atoms with Crippen LogP contribution in [0, 0.1) is 28.6 Å². The fourth-order valence-electron chi connectivity index (χ4n) is 5.55. The van der Waals surface area contributed by atoms with E-state index >= 15 is 0 Å². The Morgan fingerprint density at radius 1 is 0.818 bits per heavy atom. The molecule has 5 amide bonds. The largest absolute Gasteiger partial charge is 0.458 e. The van der Waals surface area contributed by atoms with Gasteiger partial charge in [-0.3, -0.25) is 19.2 Å². The summed E-state index contributed by atoms with van der Waals surface area (Å²) >= 11 is 0. The third-order valence-electron chi connectivity index (χ3n) is 8.17. The van der Waals surface area contributed by atoms with Crippen LogP contribution >= 0.6 is 0 Å². The second kappa shape index (κ2) is 13.9. The van der Waals surface area contributed by atoms with Crippen LogP contribution in [-0.4, -0.2) is 76.7 Å². The van der Waals surface area contributed by atoms with E-state index in [-0.39, 0.29) is 24.3 Å². The standard InChI is InChI=1S/C32H55N5O7/c1-17(2)19-14-15-37(21(19)26(40)34-20(16-18-12-13-18)22(38)25(33)39)27(41)23(30(3,4)5)35-29(43)36-24(31(6,7)8)28(42)44-32(9,10)11/h17-21,23-24H,12-16H2,1-11H3,(H2,33,39)(H,34,40)(H2,35,36,43)/t19-,20?,21+,23-,24-/m1/s1. The second-order valence-electron chi connectivity index (χ2n) is 15.9. The highest BCUT2D eigenvalue weighted by Gasteiger charge is 2.48. The Morgan fingerprint density at radius 3 is 1.77 bits per heavy atom. The minimum absolute atomic E-state index is 0.0305. The Bertz CT molecular complexity index is 1110. The van der Waals surface area contributed by atoms with Gasteiger partial charge in [-0.25, -0.2) is 9.59 Å². The fraction of sp³-hybridized carbons (Fsp3) is 0.812. The minimum atomic E-state index is -1.11. The molecule has 5 N–H and O–H groups in total. The normalized spacial score (nSPS) is 21.2. The topological polar surface area (TPSA) is 177 Å². The molecule has 1 aliphatic heterocycles. The number of nitrogens with zero attached hydrogens (tertiary/aromatic N) is 1. The highest BCUT2D eigenvalue weighted by atomic mass is 16.6. The Balaban J connectivity index is 2.33. The van der Waals surface area contributed by atoms with Crippen LogP contribution in [-0.2, 0) is 28.7 Å². The van der Waals surface area contributed by atoms with E-state index < -0.39 is 76.1 Å². The van der Waals surface area contributed by atoms with Gasteiger partial charge in [-0.2, -0.15) is 0 Å². The molecule has 0 spiro atoms. The van der Waals surface area contributed by atoms with Crippen molar-refractivity contribution in [1.29, 1.82) is 0 Å². The van der Waals surface area contributed by atoms with Gasteiger partial charge in [0.25, 0.3) is 5.91 Å². The molecule has 1 saturated carbocycles. The van der Waals surface area contributed by atoms with Gasteiger partial charge in [0.15, 0.2) is 0 Å². The number of nitrogens with two attached hydrogens (primary N) is 1. The van der Waals surface area contributed by atoms with Crippen molar-refractivity contribution < 1.29 is 33.5 Å². The molecule has 1 heterocycles. The van der Waals surface area contributed by atoms with Gasteiger partial charge < -0.3 is 31.3 Å². The minimum Gasteiger partial charge on any atom is -0.458 e. The summed E-state index contributed by atoms with van der Waals surface area (Å²) < 4.78 is 5.54. The molecule has 2 fully saturated rings. The van der Waals surface area contributed by atoms with E-state index in [4.69, 9.17) is 10.5 Å².